The zero-order valence-corrected chi connectivity index (χ0v) is 17.6. The number of fused-ring (bicyclic) bond motifs is 3. The number of carbonyl (C=O) groups is 1. The molecule has 0 radical (unpaired) electrons. The van der Waals surface area contributed by atoms with Gasteiger partial charge in [0.1, 0.15) is 15.7 Å². The van der Waals surface area contributed by atoms with Gasteiger partial charge < -0.3 is 4.90 Å². The summed E-state index contributed by atoms with van der Waals surface area (Å²) in [5.74, 6) is 2.97. The number of nitrogens with zero attached hydrogens (tertiary/aromatic N) is 3. The largest absolute Gasteiger partial charge is 0.342 e. The predicted octanol–water partition coefficient (Wildman–Crippen LogP) is 4.80. The molecule has 0 spiro atoms. The van der Waals surface area contributed by atoms with Crippen molar-refractivity contribution in [3.8, 4) is 0 Å². The van der Waals surface area contributed by atoms with Gasteiger partial charge in [-0.3, -0.25) is 4.79 Å². The number of aryl methyl sites for hydroxylation is 2. The molecule has 3 aliphatic rings. The van der Waals surface area contributed by atoms with E-state index in [0.717, 1.165) is 36.8 Å². The standard InChI is InChI=1S/C21H27N3OS2/c1-13-5-4-10-24(11-13)17(25)12-26-20-18-15-6-2-3-7-16(15)27-21(18)23-19(22-20)14-8-9-14/h13-14H,2-12H2,1H3. The molecule has 1 saturated heterocycles. The summed E-state index contributed by atoms with van der Waals surface area (Å²) in [6.07, 6.45) is 9.69. The van der Waals surface area contributed by atoms with Crippen LogP contribution in [0.25, 0.3) is 10.2 Å². The van der Waals surface area contributed by atoms with Gasteiger partial charge in [0.05, 0.1) is 5.75 Å². The molecule has 1 aliphatic heterocycles. The fourth-order valence-corrected chi connectivity index (χ4v) is 6.70. The summed E-state index contributed by atoms with van der Waals surface area (Å²) in [5, 5.41) is 2.34. The molecule has 1 saturated carbocycles. The minimum atomic E-state index is 0.274. The monoisotopic (exact) mass is 401 g/mol. The molecule has 0 N–H and O–H groups in total. The lowest BCUT2D eigenvalue weighted by Gasteiger charge is -2.30. The summed E-state index contributed by atoms with van der Waals surface area (Å²) in [7, 11) is 0. The van der Waals surface area contributed by atoms with Gasteiger partial charge >= 0.3 is 0 Å². The maximum atomic E-state index is 12.8. The number of hydrogen-bond acceptors (Lipinski definition) is 5. The van der Waals surface area contributed by atoms with Gasteiger partial charge in [-0.15, -0.1) is 11.3 Å². The number of thioether (sulfide) groups is 1. The van der Waals surface area contributed by atoms with Gasteiger partial charge in [-0.25, -0.2) is 9.97 Å². The molecular weight excluding hydrogens is 374 g/mol. The minimum Gasteiger partial charge on any atom is -0.342 e. The van der Waals surface area contributed by atoms with Crippen molar-refractivity contribution in [2.45, 2.75) is 69.2 Å². The Bertz CT molecular complexity index is 874. The fraction of sp³-hybridized carbons (Fsp3) is 0.667. The average Bonchev–Trinajstić information content (AvgIpc) is 3.46. The minimum absolute atomic E-state index is 0.274. The summed E-state index contributed by atoms with van der Waals surface area (Å²) in [5.41, 5.74) is 1.48. The lowest BCUT2D eigenvalue weighted by molar-refractivity contribution is -0.130. The number of hydrogen-bond donors (Lipinski definition) is 0. The van der Waals surface area contributed by atoms with Crippen molar-refractivity contribution in [1.82, 2.24) is 14.9 Å². The highest BCUT2D eigenvalue weighted by atomic mass is 32.2. The third kappa shape index (κ3) is 3.63. The highest BCUT2D eigenvalue weighted by Crippen LogP contribution is 2.44. The Morgan fingerprint density at radius 2 is 2.04 bits per heavy atom. The van der Waals surface area contributed by atoms with Crippen molar-refractivity contribution in [2.24, 2.45) is 5.92 Å². The highest BCUT2D eigenvalue weighted by Gasteiger charge is 2.30. The van der Waals surface area contributed by atoms with Crippen molar-refractivity contribution in [3.05, 3.63) is 16.3 Å². The molecule has 1 unspecified atom stereocenters. The Morgan fingerprint density at radius 3 is 2.85 bits per heavy atom. The number of aromatic nitrogens is 2. The second-order valence-corrected chi connectivity index (χ2v) is 10.5. The molecule has 1 amide bonds. The molecule has 2 aromatic heterocycles. The van der Waals surface area contributed by atoms with Gasteiger partial charge in [0.25, 0.3) is 0 Å². The van der Waals surface area contributed by atoms with E-state index in [1.54, 1.807) is 11.8 Å². The van der Waals surface area contributed by atoms with E-state index in [4.69, 9.17) is 9.97 Å². The summed E-state index contributed by atoms with van der Waals surface area (Å²) >= 11 is 3.53. The lowest BCUT2D eigenvalue weighted by Crippen LogP contribution is -2.40. The van der Waals surface area contributed by atoms with Crippen LogP contribution >= 0.6 is 23.1 Å². The number of carbonyl (C=O) groups excluding carboxylic acids is 1. The van der Waals surface area contributed by atoms with Gasteiger partial charge in [-0.1, -0.05) is 18.7 Å². The number of likely N-dealkylation sites (tertiary alicyclic amines) is 1. The summed E-state index contributed by atoms with van der Waals surface area (Å²) in [6, 6.07) is 0. The first-order chi connectivity index (χ1) is 13.2. The van der Waals surface area contributed by atoms with Crippen LogP contribution < -0.4 is 0 Å². The quantitative estimate of drug-likeness (QED) is 0.545. The second-order valence-electron chi connectivity index (χ2n) is 8.43. The molecule has 27 heavy (non-hydrogen) atoms. The fourth-order valence-electron chi connectivity index (χ4n) is 4.41. The maximum Gasteiger partial charge on any atom is 0.232 e. The van der Waals surface area contributed by atoms with E-state index in [9.17, 15) is 4.79 Å². The van der Waals surface area contributed by atoms with Crippen LogP contribution in [0.3, 0.4) is 0 Å². The average molecular weight is 402 g/mol. The molecule has 0 bridgehead atoms. The summed E-state index contributed by atoms with van der Waals surface area (Å²) < 4.78 is 0. The van der Waals surface area contributed by atoms with Crippen LogP contribution in [0, 0.1) is 5.92 Å². The normalized spacial score (nSPS) is 22.9. The second kappa shape index (κ2) is 7.36. The molecule has 1 atom stereocenters. The van der Waals surface area contributed by atoms with Crippen molar-refractivity contribution >= 4 is 39.2 Å². The summed E-state index contributed by atoms with van der Waals surface area (Å²) in [6.45, 7) is 4.09. The molecule has 3 heterocycles. The third-order valence-corrected chi connectivity index (χ3v) is 8.23. The number of piperidine rings is 1. The van der Waals surface area contributed by atoms with Crippen molar-refractivity contribution in [1.29, 1.82) is 0 Å². The van der Waals surface area contributed by atoms with Crippen molar-refractivity contribution in [2.75, 3.05) is 18.8 Å². The Balaban J connectivity index is 1.42. The van der Waals surface area contributed by atoms with Crippen LogP contribution in [0.5, 0.6) is 0 Å². The van der Waals surface area contributed by atoms with E-state index in [2.05, 4.69) is 11.8 Å². The molecule has 144 valence electrons. The first-order valence-corrected chi connectivity index (χ1v) is 12.2. The van der Waals surface area contributed by atoms with Crippen LogP contribution in [-0.2, 0) is 17.6 Å². The lowest BCUT2D eigenvalue weighted by atomic mass is 9.97. The van der Waals surface area contributed by atoms with Crippen LogP contribution in [0.4, 0.5) is 0 Å². The van der Waals surface area contributed by atoms with Gasteiger partial charge in [-0.2, -0.15) is 0 Å². The molecule has 2 aromatic rings. The Morgan fingerprint density at radius 1 is 1.19 bits per heavy atom. The van der Waals surface area contributed by atoms with E-state index in [0.29, 0.717) is 17.6 Å². The number of amides is 1. The Hall–Kier alpha value is -1.14. The first kappa shape index (κ1) is 17.9. The molecule has 2 fully saturated rings. The van der Waals surface area contributed by atoms with Crippen LogP contribution in [0.1, 0.15) is 67.6 Å². The molecule has 2 aliphatic carbocycles. The van der Waals surface area contributed by atoms with E-state index in [-0.39, 0.29) is 5.91 Å². The van der Waals surface area contributed by atoms with Crippen LogP contribution in [0.2, 0.25) is 0 Å². The molecule has 0 aromatic carbocycles. The van der Waals surface area contributed by atoms with Gasteiger partial charge in [-0.05, 0) is 62.8 Å². The van der Waals surface area contributed by atoms with Gasteiger partial charge in [0, 0.05) is 29.3 Å². The zero-order valence-electron chi connectivity index (χ0n) is 16.0. The van der Waals surface area contributed by atoms with Crippen LogP contribution in [-0.4, -0.2) is 39.6 Å². The molecule has 5 rings (SSSR count). The van der Waals surface area contributed by atoms with E-state index in [1.165, 1.54) is 59.2 Å². The Labute approximate surface area is 169 Å². The smallest absolute Gasteiger partial charge is 0.232 e. The van der Waals surface area contributed by atoms with E-state index >= 15 is 0 Å². The van der Waals surface area contributed by atoms with E-state index < -0.39 is 0 Å². The molecular formula is C21H27N3OS2. The predicted molar refractivity (Wildman–Crippen MR) is 112 cm³/mol. The van der Waals surface area contributed by atoms with Crippen LogP contribution in [0.15, 0.2) is 5.03 Å². The SMILES string of the molecule is CC1CCCN(C(=O)CSc2nc(C3CC3)nc3sc4c(c23)CCCC4)C1. The number of rotatable bonds is 4. The van der Waals surface area contributed by atoms with Crippen molar-refractivity contribution < 1.29 is 4.79 Å². The van der Waals surface area contributed by atoms with Gasteiger partial charge in [0.2, 0.25) is 5.91 Å². The molecule has 6 heteroatoms. The van der Waals surface area contributed by atoms with Gasteiger partial charge in [0.15, 0.2) is 0 Å². The number of thiophene rings is 1. The zero-order chi connectivity index (χ0) is 18.4. The highest BCUT2D eigenvalue weighted by molar-refractivity contribution is 8.00. The third-order valence-electron chi connectivity index (χ3n) is 6.08. The topological polar surface area (TPSA) is 46.1 Å². The van der Waals surface area contributed by atoms with Crippen molar-refractivity contribution in [3.63, 3.8) is 0 Å². The van der Waals surface area contributed by atoms with E-state index in [1.807, 2.05) is 11.3 Å². The first-order valence-electron chi connectivity index (χ1n) is 10.4. The Kier molecular flexibility index (Phi) is 4.88. The maximum absolute atomic E-state index is 12.8. The summed E-state index contributed by atoms with van der Waals surface area (Å²) in [4.78, 5) is 27.4. The molecule has 4 nitrogen and oxygen atoms in total.